The zero-order valence-electron chi connectivity index (χ0n) is 11.1. The number of primary amides is 1. The number of nitrogens with two attached hydrogens (primary N) is 2. The Balaban J connectivity index is 2.89. The van der Waals surface area contributed by atoms with Crippen molar-refractivity contribution >= 4 is 17.6 Å². The monoisotopic (exact) mass is 266 g/mol. The number of nitrogen functional groups attached to an aromatic ring is 1. The van der Waals surface area contributed by atoms with Gasteiger partial charge in [0, 0.05) is 5.69 Å². The van der Waals surface area contributed by atoms with Crippen LogP contribution < -0.4 is 16.2 Å². The highest BCUT2D eigenvalue weighted by Gasteiger charge is 2.14. The van der Waals surface area contributed by atoms with Gasteiger partial charge in [0.05, 0.1) is 25.2 Å². The molecule has 1 aromatic carbocycles. The van der Waals surface area contributed by atoms with Crippen molar-refractivity contribution in [1.82, 2.24) is 0 Å². The number of amides is 1. The van der Waals surface area contributed by atoms with Crippen LogP contribution in [-0.2, 0) is 9.53 Å². The Morgan fingerprint density at radius 2 is 2.00 bits per heavy atom. The Kier molecular flexibility index (Phi) is 5.17. The van der Waals surface area contributed by atoms with Gasteiger partial charge in [-0.1, -0.05) is 0 Å². The Labute approximate surface area is 111 Å². The van der Waals surface area contributed by atoms with Gasteiger partial charge in [0.25, 0.3) is 0 Å². The van der Waals surface area contributed by atoms with Crippen LogP contribution >= 0.6 is 0 Å². The van der Waals surface area contributed by atoms with Crippen LogP contribution in [0.3, 0.4) is 0 Å². The minimum atomic E-state index is -0.497. The van der Waals surface area contributed by atoms with Crippen molar-refractivity contribution in [2.75, 3.05) is 18.9 Å². The molecule has 1 amide bonds. The highest BCUT2D eigenvalue weighted by molar-refractivity contribution is 5.96. The quantitative estimate of drug-likeness (QED) is 0.590. The van der Waals surface area contributed by atoms with E-state index in [1.54, 1.807) is 19.9 Å². The van der Waals surface area contributed by atoms with Crippen molar-refractivity contribution in [3.63, 3.8) is 0 Å². The first kappa shape index (κ1) is 14.8. The Hall–Kier alpha value is -2.24. The maximum absolute atomic E-state index is 11.7. The predicted molar refractivity (Wildman–Crippen MR) is 70.9 cm³/mol. The van der Waals surface area contributed by atoms with Gasteiger partial charge < -0.3 is 20.9 Å². The minimum Gasteiger partial charge on any atom is -0.493 e. The van der Waals surface area contributed by atoms with Crippen LogP contribution in [0.15, 0.2) is 12.1 Å². The van der Waals surface area contributed by atoms with Crippen LogP contribution in [0.2, 0.25) is 0 Å². The number of esters is 1. The average molecular weight is 266 g/mol. The molecule has 4 N–H and O–H groups in total. The van der Waals surface area contributed by atoms with Crippen molar-refractivity contribution in [2.45, 2.75) is 20.3 Å². The van der Waals surface area contributed by atoms with Gasteiger partial charge in [-0.15, -0.1) is 0 Å². The van der Waals surface area contributed by atoms with Gasteiger partial charge in [-0.2, -0.15) is 0 Å². The molecule has 1 aromatic rings. The largest absolute Gasteiger partial charge is 0.493 e. The first-order valence-corrected chi connectivity index (χ1v) is 5.94. The Morgan fingerprint density at radius 1 is 1.32 bits per heavy atom. The minimum absolute atomic E-state index is 0.109. The van der Waals surface area contributed by atoms with Crippen LogP contribution in [0.4, 0.5) is 5.69 Å². The van der Waals surface area contributed by atoms with Gasteiger partial charge in [-0.05, 0) is 31.5 Å². The van der Waals surface area contributed by atoms with Gasteiger partial charge in [0.2, 0.25) is 5.91 Å². The molecule has 0 saturated heterocycles. The molecular weight excluding hydrogens is 248 g/mol. The fraction of sp³-hybridized carbons (Fsp3) is 0.385. The molecule has 0 aliphatic rings. The molecule has 0 unspecified atom stereocenters. The molecule has 104 valence electrons. The molecule has 19 heavy (non-hydrogen) atoms. The van der Waals surface area contributed by atoms with Crippen LogP contribution in [0.5, 0.6) is 5.75 Å². The number of benzene rings is 1. The van der Waals surface area contributed by atoms with Crippen molar-refractivity contribution in [2.24, 2.45) is 5.73 Å². The number of rotatable bonds is 6. The van der Waals surface area contributed by atoms with E-state index in [1.165, 1.54) is 6.07 Å². The van der Waals surface area contributed by atoms with Crippen molar-refractivity contribution in [3.05, 3.63) is 23.3 Å². The molecule has 6 heteroatoms. The Bertz CT molecular complexity index is 486. The summed E-state index contributed by atoms with van der Waals surface area (Å²) in [5, 5.41) is 0. The second kappa shape index (κ2) is 6.63. The molecule has 0 aliphatic carbocycles. The van der Waals surface area contributed by atoms with E-state index < -0.39 is 11.9 Å². The fourth-order valence-electron chi connectivity index (χ4n) is 1.50. The average Bonchev–Trinajstić information content (AvgIpc) is 2.33. The number of hydrogen-bond donors (Lipinski definition) is 2. The summed E-state index contributed by atoms with van der Waals surface area (Å²) < 4.78 is 10.3. The third-order valence-electron chi connectivity index (χ3n) is 2.47. The number of hydrogen-bond acceptors (Lipinski definition) is 5. The summed E-state index contributed by atoms with van der Waals surface area (Å²) in [7, 11) is 0. The zero-order valence-corrected chi connectivity index (χ0v) is 11.1. The van der Waals surface area contributed by atoms with E-state index >= 15 is 0 Å². The van der Waals surface area contributed by atoms with Gasteiger partial charge in [-0.3, -0.25) is 4.79 Å². The van der Waals surface area contributed by atoms with E-state index in [1.807, 2.05) is 0 Å². The lowest BCUT2D eigenvalue weighted by atomic mass is 10.1. The topological polar surface area (TPSA) is 105 Å². The molecule has 6 nitrogen and oxygen atoms in total. The summed E-state index contributed by atoms with van der Waals surface area (Å²) in [4.78, 5) is 22.3. The molecule has 0 heterocycles. The molecule has 1 rings (SSSR count). The number of aryl methyl sites for hydroxylation is 1. The number of anilines is 1. The highest BCUT2D eigenvalue weighted by atomic mass is 16.5. The summed E-state index contributed by atoms with van der Waals surface area (Å²) in [6.07, 6.45) is 0.109. The van der Waals surface area contributed by atoms with E-state index in [0.717, 1.165) is 0 Å². The highest BCUT2D eigenvalue weighted by Crippen LogP contribution is 2.25. The van der Waals surface area contributed by atoms with Crippen LogP contribution in [-0.4, -0.2) is 25.1 Å². The van der Waals surface area contributed by atoms with Gasteiger partial charge in [0.15, 0.2) is 0 Å². The molecule has 0 radical (unpaired) electrons. The van der Waals surface area contributed by atoms with Crippen molar-refractivity contribution in [1.29, 1.82) is 0 Å². The van der Waals surface area contributed by atoms with E-state index in [-0.39, 0.29) is 25.2 Å². The van der Waals surface area contributed by atoms with Gasteiger partial charge in [-0.25, -0.2) is 4.79 Å². The van der Waals surface area contributed by atoms with Crippen LogP contribution in [0.1, 0.15) is 29.3 Å². The van der Waals surface area contributed by atoms with Gasteiger partial charge >= 0.3 is 5.97 Å². The third kappa shape index (κ3) is 4.17. The molecule has 0 saturated carbocycles. The number of carbonyl (C=O) groups is 2. The third-order valence-corrected chi connectivity index (χ3v) is 2.47. The van der Waals surface area contributed by atoms with Gasteiger partial charge in [0.1, 0.15) is 5.75 Å². The van der Waals surface area contributed by atoms with E-state index in [0.29, 0.717) is 17.0 Å². The van der Waals surface area contributed by atoms with Crippen molar-refractivity contribution in [3.8, 4) is 5.75 Å². The number of carbonyl (C=O) groups excluding carboxylic acids is 2. The second-order valence-electron chi connectivity index (χ2n) is 3.99. The van der Waals surface area contributed by atoms with E-state index in [2.05, 4.69) is 0 Å². The lowest BCUT2D eigenvalue weighted by molar-refractivity contribution is -0.118. The Morgan fingerprint density at radius 3 is 2.58 bits per heavy atom. The summed E-state index contributed by atoms with van der Waals surface area (Å²) in [6.45, 7) is 3.90. The molecule has 0 fully saturated rings. The predicted octanol–water partition coefficient (Wildman–Crippen LogP) is 1.01. The molecule has 0 aromatic heterocycles. The molecule has 0 aliphatic heterocycles. The maximum atomic E-state index is 11.7. The first-order chi connectivity index (χ1) is 8.95. The molecule has 0 spiro atoms. The first-order valence-electron chi connectivity index (χ1n) is 5.94. The summed E-state index contributed by atoms with van der Waals surface area (Å²) in [6, 6.07) is 3.19. The molecular formula is C13H18N2O4. The summed E-state index contributed by atoms with van der Waals surface area (Å²) in [5.41, 5.74) is 12.2. The smallest absolute Gasteiger partial charge is 0.340 e. The van der Waals surface area contributed by atoms with Crippen molar-refractivity contribution < 1.29 is 19.1 Å². The maximum Gasteiger partial charge on any atom is 0.340 e. The SMILES string of the molecule is CCOC(=O)c1cc(OCCC(N)=O)cc(C)c1N. The number of ether oxygens (including phenoxy) is 2. The zero-order chi connectivity index (χ0) is 14.4. The molecule has 0 bridgehead atoms. The van der Waals surface area contributed by atoms with Crippen LogP contribution in [0.25, 0.3) is 0 Å². The summed E-state index contributed by atoms with van der Waals surface area (Å²) in [5.74, 6) is -0.489. The second-order valence-corrected chi connectivity index (χ2v) is 3.99. The lowest BCUT2D eigenvalue weighted by Gasteiger charge is -2.12. The normalized spacial score (nSPS) is 10.0. The lowest BCUT2D eigenvalue weighted by Crippen LogP contribution is -2.15. The fourth-order valence-corrected chi connectivity index (χ4v) is 1.50. The molecule has 0 atom stereocenters. The standard InChI is InChI=1S/C13H18N2O4/c1-3-18-13(17)10-7-9(6-8(2)12(10)15)19-5-4-11(14)16/h6-7H,3-5,15H2,1-2H3,(H2,14,16). The summed E-state index contributed by atoms with van der Waals surface area (Å²) >= 11 is 0. The van der Waals surface area contributed by atoms with E-state index in [9.17, 15) is 9.59 Å². The van der Waals surface area contributed by atoms with E-state index in [4.69, 9.17) is 20.9 Å². The van der Waals surface area contributed by atoms with Crippen LogP contribution in [0, 0.1) is 6.92 Å².